The Morgan fingerprint density at radius 1 is 1.21 bits per heavy atom. The monoisotopic (exact) mass is 286 g/mol. The average molecular weight is 286 g/mol. The van der Waals surface area contributed by atoms with Gasteiger partial charge in [0.05, 0.1) is 6.54 Å². The fourth-order valence-electron chi connectivity index (χ4n) is 1.28. The Balaban J connectivity index is 2.53. The third kappa shape index (κ3) is 5.25. The van der Waals surface area contributed by atoms with Gasteiger partial charge in [-0.1, -0.05) is 0 Å². The minimum absolute atomic E-state index is 0.321. The van der Waals surface area contributed by atoms with E-state index in [2.05, 4.69) is 14.8 Å². The summed E-state index contributed by atoms with van der Waals surface area (Å²) >= 11 is 0. The van der Waals surface area contributed by atoms with Crippen LogP contribution in [0.4, 0.5) is 11.4 Å². The highest BCUT2D eigenvalue weighted by molar-refractivity contribution is 7.87. The normalized spacial score (nSPS) is 11.1. The molecule has 0 aromatic heterocycles. The van der Waals surface area contributed by atoms with Crippen molar-refractivity contribution in [3.05, 3.63) is 24.3 Å². The smallest absolute Gasteiger partial charge is 0.277 e. The number of hydrogen-bond acceptors (Lipinski definition) is 4. The second-order valence-electron chi connectivity index (χ2n) is 4.02. The fourth-order valence-corrected chi connectivity index (χ4v) is 1.75. The predicted octanol–water partition coefficient (Wildman–Crippen LogP) is -0.255. The van der Waals surface area contributed by atoms with E-state index in [-0.39, 0.29) is 6.54 Å². The van der Waals surface area contributed by atoms with Crippen LogP contribution in [-0.4, -0.2) is 42.0 Å². The van der Waals surface area contributed by atoms with Gasteiger partial charge >= 0.3 is 0 Å². The number of rotatable bonds is 6. The number of amides is 1. The molecule has 0 atom stereocenters. The van der Waals surface area contributed by atoms with E-state index in [1.165, 1.54) is 7.05 Å². The van der Waals surface area contributed by atoms with Gasteiger partial charge in [0.2, 0.25) is 5.91 Å². The number of carbonyl (C=O) groups is 1. The van der Waals surface area contributed by atoms with Gasteiger partial charge in [-0.2, -0.15) is 13.1 Å². The molecule has 106 valence electrons. The first-order valence-corrected chi connectivity index (χ1v) is 7.08. The third-order valence-corrected chi connectivity index (χ3v) is 3.42. The summed E-state index contributed by atoms with van der Waals surface area (Å²) in [6.07, 6.45) is 0. The molecule has 19 heavy (non-hydrogen) atoms. The Hall–Kier alpha value is -1.64. The summed E-state index contributed by atoms with van der Waals surface area (Å²) in [5, 5.41) is 2.59. The van der Waals surface area contributed by atoms with Gasteiger partial charge in [0.1, 0.15) is 0 Å². The first-order valence-electron chi connectivity index (χ1n) is 5.59. The summed E-state index contributed by atoms with van der Waals surface area (Å²) in [6, 6.07) is 7.21. The zero-order chi connectivity index (χ0) is 14.5. The minimum atomic E-state index is -3.59. The van der Waals surface area contributed by atoms with Crippen molar-refractivity contribution in [3.63, 3.8) is 0 Å². The van der Waals surface area contributed by atoms with Gasteiger partial charge in [-0.3, -0.25) is 4.79 Å². The van der Waals surface area contributed by atoms with Crippen molar-refractivity contribution >= 4 is 27.5 Å². The summed E-state index contributed by atoms with van der Waals surface area (Å²) in [4.78, 5) is 13.5. The van der Waals surface area contributed by atoms with Crippen molar-refractivity contribution in [3.8, 4) is 0 Å². The molecule has 0 aliphatic rings. The van der Waals surface area contributed by atoms with Crippen molar-refractivity contribution in [1.82, 2.24) is 9.44 Å². The molecule has 0 fully saturated rings. The van der Waals surface area contributed by atoms with Crippen molar-refractivity contribution < 1.29 is 13.2 Å². The summed E-state index contributed by atoms with van der Waals surface area (Å²) in [5.74, 6) is -0.434. The first kappa shape index (κ1) is 15.4. The lowest BCUT2D eigenvalue weighted by molar-refractivity contribution is -0.115. The predicted molar refractivity (Wildman–Crippen MR) is 75.4 cm³/mol. The third-order valence-electron chi connectivity index (χ3n) is 2.36. The summed E-state index contributed by atoms with van der Waals surface area (Å²) in [6.45, 7) is -0.321. The lowest BCUT2D eigenvalue weighted by atomic mass is 10.2. The molecule has 0 saturated heterocycles. The highest BCUT2D eigenvalue weighted by Crippen LogP contribution is 2.15. The van der Waals surface area contributed by atoms with Gasteiger partial charge < -0.3 is 10.2 Å². The molecule has 1 aromatic rings. The van der Waals surface area contributed by atoms with Gasteiger partial charge in [0.15, 0.2) is 0 Å². The van der Waals surface area contributed by atoms with Gasteiger partial charge in [-0.05, 0) is 24.3 Å². The van der Waals surface area contributed by atoms with Crippen LogP contribution in [0.25, 0.3) is 0 Å². The standard InChI is InChI=1S/C11H18N4O3S/c1-12-19(17,18)13-8-11(16)14-9-4-6-10(7-5-9)15(2)3/h4-7,12-13H,8H2,1-3H3,(H,14,16). The van der Waals surface area contributed by atoms with Crippen LogP contribution < -0.4 is 19.7 Å². The Morgan fingerprint density at radius 3 is 2.26 bits per heavy atom. The quantitative estimate of drug-likeness (QED) is 0.672. The Kier molecular flexibility index (Phi) is 5.28. The summed E-state index contributed by atoms with van der Waals surface area (Å²) in [7, 11) is 1.51. The molecular formula is C11H18N4O3S. The second-order valence-corrected chi connectivity index (χ2v) is 5.72. The van der Waals surface area contributed by atoms with E-state index in [4.69, 9.17) is 0 Å². The highest BCUT2D eigenvalue weighted by Gasteiger charge is 2.09. The highest BCUT2D eigenvalue weighted by atomic mass is 32.2. The molecule has 1 aromatic carbocycles. The number of nitrogens with zero attached hydrogens (tertiary/aromatic N) is 1. The maximum Gasteiger partial charge on any atom is 0.277 e. The van der Waals surface area contributed by atoms with Crippen LogP contribution in [0.3, 0.4) is 0 Å². The molecular weight excluding hydrogens is 268 g/mol. The second kappa shape index (κ2) is 6.50. The van der Waals surface area contributed by atoms with Crippen LogP contribution in [0.2, 0.25) is 0 Å². The molecule has 0 aliphatic carbocycles. The fraction of sp³-hybridized carbons (Fsp3) is 0.364. The SMILES string of the molecule is CNS(=O)(=O)NCC(=O)Nc1ccc(N(C)C)cc1. The lowest BCUT2D eigenvalue weighted by Crippen LogP contribution is -2.39. The Labute approximate surface area is 113 Å². The Bertz CT molecular complexity index is 525. The molecule has 0 heterocycles. The van der Waals surface area contributed by atoms with Gasteiger partial charge in [-0.15, -0.1) is 0 Å². The van der Waals surface area contributed by atoms with E-state index in [1.54, 1.807) is 12.1 Å². The van der Waals surface area contributed by atoms with Crippen molar-refractivity contribution in [1.29, 1.82) is 0 Å². The molecule has 0 spiro atoms. The van der Waals surface area contributed by atoms with Crippen LogP contribution in [0.1, 0.15) is 0 Å². The van der Waals surface area contributed by atoms with Crippen molar-refractivity contribution in [2.24, 2.45) is 0 Å². The van der Waals surface area contributed by atoms with Crippen LogP contribution in [0.15, 0.2) is 24.3 Å². The maximum absolute atomic E-state index is 11.5. The zero-order valence-corrected chi connectivity index (χ0v) is 11.9. The van der Waals surface area contributed by atoms with E-state index >= 15 is 0 Å². The number of benzene rings is 1. The van der Waals surface area contributed by atoms with Crippen LogP contribution >= 0.6 is 0 Å². The largest absolute Gasteiger partial charge is 0.378 e. The average Bonchev–Trinajstić information content (AvgIpc) is 2.37. The molecule has 0 radical (unpaired) electrons. The van der Waals surface area contributed by atoms with Crippen molar-refractivity contribution in [2.75, 3.05) is 37.9 Å². The van der Waals surface area contributed by atoms with E-state index in [1.807, 2.05) is 31.1 Å². The maximum atomic E-state index is 11.5. The van der Waals surface area contributed by atoms with Gasteiger partial charge in [0.25, 0.3) is 10.2 Å². The van der Waals surface area contributed by atoms with Crippen LogP contribution in [-0.2, 0) is 15.0 Å². The number of anilines is 2. The molecule has 7 nitrogen and oxygen atoms in total. The van der Waals surface area contributed by atoms with Gasteiger partial charge in [0, 0.05) is 32.5 Å². The number of nitrogens with one attached hydrogen (secondary N) is 3. The van der Waals surface area contributed by atoms with E-state index in [0.29, 0.717) is 5.69 Å². The van der Waals surface area contributed by atoms with Gasteiger partial charge in [-0.25, -0.2) is 4.72 Å². The van der Waals surface area contributed by atoms with Crippen LogP contribution in [0.5, 0.6) is 0 Å². The topological polar surface area (TPSA) is 90.5 Å². The summed E-state index contributed by atoms with van der Waals surface area (Å²) < 4.78 is 26.3. The van der Waals surface area contributed by atoms with E-state index in [0.717, 1.165) is 5.69 Å². The Morgan fingerprint density at radius 2 is 1.79 bits per heavy atom. The summed E-state index contributed by atoms with van der Waals surface area (Å²) in [5.41, 5.74) is 1.62. The molecule has 0 unspecified atom stereocenters. The molecule has 1 amide bonds. The van der Waals surface area contributed by atoms with E-state index in [9.17, 15) is 13.2 Å². The molecule has 8 heteroatoms. The zero-order valence-electron chi connectivity index (χ0n) is 11.1. The molecule has 0 aliphatic heterocycles. The lowest BCUT2D eigenvalue weighted by Gasteiger charge is -2.13. The molecule has 1 rings (SSSR count). The van der Waals surface area contributed by atoms with Crippen LogP contribution in [0, 0.1) is 0 Å². The molecule has 0 bridgehead atoms. The molecule has 0 saturated carbocycles. The number of carbonyl (C=O) groups excluding carboxylic acids is 1. The minimum Gasteiger partial charge on any atom is -0.378 e. The first-order chi connectivity index (χ1) is 8.84. The van der Waals surface area contributed by atoms with Crippen molar-refractivity contribution in [2.45, 2.75) is 0 Å². The molecule has 3 N–H and O–H groups in total. The number of hydrogen-bond donors (Lipinski definition) is 3. The van der Waals surface area contributed by atoms with E-state index < -0.39 is 16.1 Å².